The zero-order valence-electron chi connectivity index (χ0n) is 6.80. The fourth-order valence-corrected chi connectivity index (χ4v) is 1.20. The standard InChI is InChI=1S/C7H13ClN2S/c1-5(2)10-7(9)11-4-6(3)8/h5H,3-4H2,1-2H3,(H2,9,10). The Kier molecular flexibility index (Phi) is 5.42. The summed E-state index contributed by atoms with van der Waals surface area (Å²) in [4.78, 5) is 4.11. The van der Waals surface area contributed by atoms with E-state index in [9.17, 15) is 0 Å². The highest BCUT2D eigenvalue weighted by molar-refractivity contribution is 8.14. The second kappa shape index (κ2) is 5.49. The number of hydrogen-bond donors (Lipinski definition) is 1. The zero-order valence-corrected chi connectivity index (χ0v) is 8.37. The monoisotopic (exact) mass is 192 g/mol. The molecule has 0 amide bonds. The van der Waals surface area contributed by atoms with E-state index >= 15 is 0 Å². The SMILES string of the molecule is C=C(Cl)CSC(N)=NC(C)C. The van der Waals surface area contributed by atoms with Crippen LogP contribution in [0.1, 0.15) is 13.8 Å². The minimum atomic E-state index is 0.242. The largest absolute Gasteiger partial charge is 0.379 e. The molecule has 0 aliphatic rings. The molecular weight excluding hydrogens is 180 g/mol. The van der Waals surface area contributed by atoms with Crippen molar-refractivity contribution in [1.29, 1.82) is 0 Å². The molecule has 0 atom stereocenters. The van der Waals surface area contributed by atoms with Gasteiger partial charge in [0.1, 0.15) is 0 Å². The van der Waals surface area contributed by atoms with E-state index in [0.717, 1.165) is 0 Å². The van der Waals surface area contributed by atoms with E-state index in [2.05, 4.69) is 11.6 Å². The van der Waals surface area contributed by atoms with Crippen LogP contribution in [0.3, 0.4) is 0 Å². The quantitative estimate of drug-likeness (QED) is 0.550. The first kappa shape index (κ1) is 10.8. The fraction of sp³-hybridized carbons (Fsp3) is 0.571. The van der Waals surface area contributed by atoms with Crippen LogP contribution in [0.15, 0.2) is 16.6 Å². The Balaban J connectivity index is 3.68. The summed E-state index contributed by atoms with van der Waals surface area (Å²) in [5.74, 6) is 0.629. The number of nitrogens with two attached hydrogens (primary N) is 1. The first-order chi connectivity index (χ1) is 5.02. The van der Waals surface area contributed by atoms with Gasteiger partial charge in [0.25, 0.3) is 0 Å². The highest BCUT2D eigenvalue weighted by atomic mass is 35.5. The maximum atomic E-state index is 5.54. The molecule has 0 aromatic rings. The molecule has 0 saturated carbocycles. The molecule has 0 saturated heterocycles. The predicted octanol–water partition coefficient (Wildman–Crippen LogP) is 2.20. The number of aliphatic imine (C=N–C) groups is 1. The third kappa shape index (κ3) is 7.75. The fourth-order valence-electron chi connectivity index (χ4n) is 0.444. The molecule has 0 aliphatic heterocycles. The number of hydrogen-bond acceptors (Lipinski definition) is 2. The van der Waals surface area contributed by atoms with Gasteiger partial charge in [-0.2, -0.15) is 0 Å². The summed E-state index contributed by atoms with van der Waals surface area (Å²) in [6.07, 6.45) is 0. The lowest BCUT2D eigenvalue weighted by molar-refractivity contribution is 0.838. The van der Waals surface area contributed by atoms with Crippen LogP contribution >= 0.6 is 23.4 Å². The van der Waals surface area contributed by atoms with Crippen LogP contribution in [0.2, 0.25) is 0 Å². The van der Waals surface area contributed by atoms with Gasteiger partial charge in [0.15, 0.2) is 5.17 Å². The van der Waals surface area contributed by atoms with Crippen molar-refractivity contribution in [3.63, 3.8) is 0 Å². The number of halogens is 1. The molecular formula is C7H13ClN2S. The van der Waals surface area contributed by atoms with Gasteiger partial charge in [0.05, 0.1) is 0 Å². The molecule has 0 aromatic heterocycles. The van der Waals surface area contributed by atoms with E-state index in [1.807, 2.05) is 13.8 Å². The maximum absolute atomic E-state index is 5.54. The molecule has 0 unspecified atom stereocenters. The van der Waals surface area contributed by atoms with Crippen molar-refractivity contribution in [1.82, 2.24) is 0 Å². The smallest absolute Gasteiger partial charge is 0.154 e. The molecule has 0 rings (SSSR count). The van der Waals surface area contributed by atoms with Crippen molar-refractivity contribution in [3.8, 4) is 0 Å². The number of thioether (sulfide) groups is 1. The summed E-state index contributed by atoms with van der Waals surface area (Å²) >= 11 is 6.94. The summed E-state index contributed by atoms with van der Waals surface area (Å²) < 4.78 is 0. The molecule has 0 heterocycles. The minimum Gasteiger partial charge on any atom is -0.379 e. The molecule has 0 aliphatic carbocycles. The average Bonchev–Trinajstić information content (AvgIpc) is 1.82. The Hall–Kier alpha value is -0.150. The molecule has 64 valence electrons. The lowest BCUT2D eigenvalue weighted by Gasteiger charge is -2.00. The summed E-state index contributed by atoms with van der Waals surface area (Å²) in [7, 11) is 0. The van der Waals surface area contributed by atoms with Gasteiger partial charge in [0, 0.05) is 16.8 Å². The lowest BCUT2D eigenvalue weighted by atomic mass is 10.4. The van der Waals surface area contributed by atoms with Crippen LogP contribution in [0, 0.1) is 0 Å². The van der Waals surface area contributed by atoms with E-state index in [-0.39, 0.29) is 6.04 Å². The molecule has 0 fully saturated rings. The first-order valence-electron chi connectivity index (χ1n) is 3.31. The Bertz CT molecular complexity index is 166. The van der Waals surface area contributed by atoms with Gasteiger partial charge in [-0.25, -0.2) is 0 Å². The van der Waals surface area contributed by atoms with Crippen molar-refractivity contribution in [2.24, 2.45) is 10.7 Å². The minimum absolute atomic E-state index is 0.242. The average molecular weight is 193 g/mol. The van der Waals surface area contributed by atoms with Crippen molar-refractivity contribution < 1.29 is 0 Å². The van der Waals surface area contributed by atoms with Crippen LogP contribution < -0.4 is 5.73 Å². The normalized spacial score (nSPS) is 12.2. The van der Waals surface area contributed by atoms with Gasteiger partial charge in [-0.1, -0.05) is 29.9 Å². The molecule has 0 radical (unpaired) electrons. The van der Waals surface area contributed by atoms with Gasteiger partial charge in [-0.05, 0) is 13.8 Å². The van der Waals surface area contributed by atoms with Crippen LogP contribution in [0.4, 0.5) is 0 Å². The van der Waals surface area contributed by atoms with E-state index in [1.54, 1.807) is 0 Å². The van der Waals surface area contributed by atoms with Gasteiger partial charge in [0.2, 0.25) is 0 Å². The second-order valence-corrected chi connectivity index (χ2v) is 3.90. The maximum Gasteiger partial charge on any atom is 0.154 e. The van der Waals surface area contributed by atoms with Gasteiger partial charge in [-0.15, -0.1) is 0 Å². The third-order valence-corrected chi connectivity index (χ3v) is 1.95. The third-order valence-electron chi connectivity index (χ3n) is 0.762. The zero-order chi connectivity index (χ0) is 8.85. The van der Waals surface area contributed by atoms with Crippen molar-refractivity contribution >= 4 is 28.5 Å². The molecule has 0 aromatic carbocycles. The molecule has 2 nitrogen and oxygen atoms in total. The van der Waals surface area contributed by atoms with E-state index in [1.165, 1.54) is 11.8 Å². The highest BCUT2D eigenvalue weighted by Crippen LogP contribution is 2.09. The first-order valence-corrected chi connectivity index (χ1v) is 4.68. The number of nitrogens with zero attached hydrogens (tertiary/aromatic N) is 1. The Labute approximate surface area is 76.9 Å². The Morgan fingerprint density at radius 2 is 2.27 bits per heavy atom. The van der Waals surface area contributed by atoms with Crippen LogP contribution in [-0.4, -0.2) is 17.0 Å². The van der Waals surface area contributed by atoms with Crippen LogP contribution in [-0.2, 0) is 0 Å². The van der Waals surface area contributed by atoms with Crippen LogP contribution in [0.25, 0.3) is 0 Å². The van der Waals surface area contributed by atoms with Crippen molar-refractivity contribution in [2.75, 3.05) is 5.75 Å². The predicted molar refractivity (Wildman–Crippen MR) is 54.2 cm³/mol. The lowest BCUT2D eigenvalue weighted by Crippen LogP contribution is -2.10. The topological polar surface area (TPSA) is 38.4 Å². The number of amidine groups is 1. The summed E-state index contributed by atoms with van der Waals surface area (Å²) in [6, 6.07) is 0.242. The molecule has 4 heteroatoms. The van der Waals surface area contributed by atoms with Crippen molar-refractivity contribution in [2.45, 2.75) is 19.9 Å². The summed E-state index contributed by atoms with van der Waals surface area (Å²) in [5, 5.41) is 1.17. The van der Waals surface area contributed by atoms with Crippen LogP contribution in [0.5, 0.6) is 0 Å². The van der Waals surface area contributed by atoms with Gasteiger partial charge in [-0.3, -0.25) is 4.99 Å². The Morgan fingerprint density at radius 3 is 2.64 bits per heavy atom. The molecule has 2 N–H and O–H groups in total. The Morgan fingerprint density at radius 1 is 1.73 bits per heavy atom. The highest BCUT2D eigenvalue weighted by Gasteiger charge is 1.96. The van der Waals surface area contributed by atoms with E-state index < -0.39 is 0 Å². The van der Waals surface area contributed by atoms with Gasteiger partial charge >= 0.3 is 0 Å². The van der Waals surface area contributed by atoms with E-state index in [0.29, 0.717) is 16.0 Å². The summed E-state index contributed by atoms with van der Waals surface area (Å²) in [6.45, 7) is 7.49. The second-order valence-electron chi connectivity index (χ2n) is 2.37. The van der Waals surface area contributed by atoms with E-state index in [4.69, 9.17) is 17.3 Å². The molecule has 11 heavy (non-hydrogen) atoms. The summed E-state index contributed by atoms with van der Waals surface area (Å²) in [5.41, 5.74) is 5.54. The van der Waals surface area contributed by atoms with Gasteiger partial charge < -0.3 is 5.73 Å². The molecule has 0 bridgehead atoms. The number of rotatable bonds is 3. The molecule has 0 spiro atoms. The van der Waals surface area contributed by atoms with Crippen molar-refractivity contribution in [3.05, 3.63) is 11.6 Å².